The smallest absolute Gasteiger partial charge is 0.140 e. The van der Waals surface area contributed by atoms with E-state index in [9.17, 15) is 0 Å². The van der Waals surface area contributed by atoms with Crippen LogP contribution in [0.2, 0.25) is 0 Å². The number of nitrogens with one attached hydrogen (secondary N) is 1. The van der Waals surface area contributed by atoms with E-state index in [1.807, 2.05) is 6.07 Å². The molecule has 1 aliphatic rings. The average Bonchev–Trinajstić information content (AvgIpc) is 3.22. The lowest BCUT2D eigenvalue weighted by Crippen LogP contribution is -2.27. The van der Waals surface area contributed by atoms with Gasteiger partial charge in [0, 0.05) is 11.6 Å². The molecule has 0 saturated heterocycles. The summed E-state index contributed by atoms with van der Waals surface area (Å²) in [4.78, 5) is 0. The summed E-state index contributed by atoms with van der Waals surface area (Å²) >= 11 is 3.58. The Morgan fingerprint density at radius 3 is 2.50 bits per heavy atom. The molecule has 1 fully saturated rings. The van der Waals surface area contributed by atoms with Crippen molar-refractivity contribution in [3.8, 4) is 11.5 Å². The molecule has 20 heavy (non-hydrogen) atoms. The van der Waals surface area contributed by atoms with E-state index < -0.39 is 0 Å². The number of hydrogen-bond donors (Lipinski definition) is 1. The monoisotopic (exact) mass is 341 g/mol. The van der Waals surface area contributed by atoms with Crippen LogP contribution in [-0.4, -0.2) is 26.8 Å². The first-order valence-corrected chi connectivity index (χ1v) is 7.93. The Bertz CT molecular complexity index is 470. The molecule has 4 heteroatoms. The first-order chi connectivity index (χ1) is 9.49. The second-order valence-electron chi connectivity index (χ2n) is 6.02. The van der Waals surface area contributed by atoms with Gasteiger partial charge in [-0.3, -0.25) is 0 Å². The van der Waals surface area contributed by atoms with Crippen molar-refractivity contribution in [1.29, 1.82) is 0 Å². The molecule has 0 bridgehead atoms. The second-order valence-corrected chi connectivity index (χ2v) is 6.82. The molecule has 0 aliphatic heterocycles. The number of benzene rings is 1. The van der Waals surface area contributed by atoms with Gasteiger partial charge in [0.2, 0.25) is 0 Å². The molecule has 0 aromatic heterocycles. The number of halogens is 1. The van der Waals surface area contributed by atoms with Gasteiger partial charge in [-0.25, -0.2) is 0 Å². The molecule has 0 unspecified atom stereocenters. The van der Waals surface area contributed by atoms with E-state index in [1.54, 1.807) is 14.2 Å². The van der Waals surface area contributed by atoms with Gasteiger partial charge in [-0.2, -0.15) is 0 Å². The first-order valence-electron chi connectivity index (χ1n) is 7.14. The van der Waals surface area contributed by atoms with E-state index in [0.29, 0.717) is 0 Å². The molecule has 1 aliphatic carbocycles. The number of ether oxygens (including phenoxy) is 2. The molecular weight excluding hydrogens is 318 g/mol. The fourth-order valence-corrected chi connectivity index (χ4v) is 3.11. The fourth-order valence-electron chi connectivity index (χ4n) is 2.44. The number of methoxy groups -OCH3 is 2. The van der Waals surface area contributed by atoms with Crippen LogP contribution in [0.4, 0.5) is 0 Å². The summed E-state index contributed by atoms with van der Waals surface area (Å²) in [6.45, 7) is 5.57. The number of hydrogen-bond acceptors (Lipinski definition) is 3. The molecule has 0 amide bonds. The predicted molar refractivity (Wildman–Crippen MR) is 85.9 cm³/mol. The van der Waals surface area contributed by atoms with Crippen molar-refractivity contribution in [2.75, 3.05) is 20.8 Å². The summed E-state index contributed by atoms with van der Waals surface area (Å²) < 4.78 is 11.8. The number of rotatable bonds is 7. The van der Waals surface area contributed by atoms with Crippen LogP contribution in [0.5, 0.6) is 11.5 Å². The highest BCUT2D eigenvalue weighted by Crippen LogP contribution is 2.43. The van der Waals surface area contributed by atoms with Gasteiger partial charge in [-0.1, -0.05) is 19.9 Å². The van der Waals surface area contributed by atoms with Gasteiger partial charge in [-0.15, -0.1) is 0 Å². The minimum Gasteiger partial charge on any atom is -0.495 e. The summed E-state index contributed by atoms with van der Waals surface area (Å²) in [5.41, 5.74) is 1.27. The van der Waals surface area contributed by atoms with E-state index >= 15 is 0 Å². The molecule has 1 N–H and O–H groups in total. The fraction of sp³-hybridized carbons (Fsp3) is 0.625. The van der Waals surface area contributed by atoms with Crippen molar-refractivity contribution >= 4 is 15.9 Å². The molecule has 0 heterocycles. The van der Waals surface area contributed by atoms with E-state index in [4.69, 9.17) is 9.47 Å². The summed E-state index contributed by atoms with van der Waals surface area (Å²) in [7, 11) is 3.38. The van der Waals surface area contributed by atoms with Crippen LogP contribution in [0.25, 0.3) is 0 Å². The van der Waals surface area contributed by atoms with Gasteiger partial charge in [0.15, 0.2) is 0 Å². The Balaban J connectivity index is 2.17. The first kappa shape index (κ1) is 15.6. The molecular formula is C16H24BrNO2. The van der Waals surface area contributed by atoms with Crippen LogP contribution in [-0.2, 0) is 5.41 Å². The third-order valence-corrected chi connectivity index (χ3v) is 4.73. The van der Waals surface area contributed by atoms with Crippen LogP contribution in [0.3, 0.4) is 0 Å². The molecule has 3 nitrogen and oxygen atoms in total. The zero-order valence-electron chi connectivity index (χ0n) is 12.8. The topological polar surface area (TPSA) is 30.5 Å². The summed E-state index contributed by atoms with van der Waals surface area (Å²) in [6, 6.07) is 4.87. The van der Waals surface area contributed by atoms with E-state index in [-0.39, 0.29) is 5.41 Å². The average molecular weight is 342 g/mol. The quantitative estimate of drug-likeness (QED) is 0.816. The van der Waals surface area contributed by atoms with E-state index in [0.717, 1.165) is 35.0 Å². The van der Waals surface area contributed by atoms with Crippen molar-refractivity contribution in [3.63, 3.8) is 0 Å². The van der Waals surface area contributed by atoms with Gasteiger partial charge in [0.05, 0.1) is 14.2 Å². The van der Waals surface area contributed by atoms with Crippen molar-refractivity contribution in [2.45, 2.75) is 44.6 Å². The van der Waals surface area contributed by atoms with E-state index in [2.05, 4.69) is 41.2 Å². The van der Waals surface area contributed by atoms with Crippen molar-refractivity contribution in [1.82, 2.24) is 5.32 Å². The maximum atomic E-state index is 5.60. The van der Waals surface area contributed by atoms with E-state index in [1.165, 1.54) is 18.4 Å². The lowest BCUT2D eigenvalue weighted by molar-refractivity contribution is 0.368. The maximum absolute atomic E-state index is 5.60. The lowest BCUT2D eigenvalue weighted by atomic mass is 9.81. The normalized spacial score (nSPS) is 15.2. The van der Waals surface area contributed by atoms with Gasteiger partial charge < -0.3 is 14.8 Å². The summed E-state index contributed by atoms with van der Waals surface area (Å²) in [5, 5.41) is 3.58. The van der Waals surface area contributed by atoms with Crippen LogP contribution >= 0.6 is 15.9 Å². The Kier molecular flexibility index (Phi) is 4.97. The zero-order valence-corrected chi connectivity index (χ0v) is 14.3. The largest absolute Gasteiger partial charge is 0.495 e. The van der Waals surface area contributed by atoms with Crippen LogP contribution in [0.15, 0.2) is 16.6 Å². The molecule has 2 rings (SSSR count). The molecule has 1 saturated carbocycles. The minimum absolute atomic E-state index is 0.0576. The van der Waals surface area contributed by atoms with Crippen LogP contribution in [0.1, 0.15) is 38.7 Å². The summed E-state index contributed by atoms with van der Waals surface area (Å²) in [5.74, 6) is 1.68. The Morgan fingerprint density at radius 2 is 1.95 bits per heavy atom. The van der Waals surface area contributed by atoms with Crippen molar-refractivity contribution in [2.24, 2.45) is 0 Å². The van der Waals surface area contributed by atoms with Crippen molar-refractivity contribution < 1.29 is 9.47 Å². The van der Waals surface area contributed by atoms with Gasteiger partial charge in [0.25, 0.3) is 0 Å². The lowest BCUT2D eigenvalue weighted by Gasteiger charge is -2.28. The third-order valence-electron chi connectivity index (χ3n) is 3.98. The Hall–Kier alpha value is -0.740. The molecule has 112 valence electrons. The third kappa shape index (κ3) is 3.47. The van der Waals surface area contributed by atoms with Crippen LogP contribution < -0.4 is 14.8 Å². The van der Waals surface area contributed by atoms with Gasteiger partial charge >= 0.3 is 0 Å². The summed E-state index contributed by atoms with van der Waals surface area (Å²) in [6.07, 6.45) is 3.74. The molecule has 1 aromatic carbocycles. The predicted octanol–water partition coefficient (Wildman–Crippen LogP) is 3.89. The molecule has 0 atom stereocenters. The highest BCUT2D eigenvalue weighted by Gasteiger charge is 2.28. The highest BCUT2D eigenvalue weighted by atomic mass is 79.9. The SMILES string of the molecule is COc1ccc(C(C)(C)CCNC2CC2)c(OC)c1Br. The molecule has 1 aromatic rings. The van der Waals surface area contributed by atoms with Crippen molar-refractivity contribution in [3.05, 3.63) is 22.2 Å². The Labute approximate surface area is 130 Å². The zero-order chi connectivity index (χ0) is 14.8. The van der Waals surface area contributed by atoms with Gasteiger partial charge in [-0.05, 0) is 53.2 Å². The Morgan fingerprint density at radius 1 is 1.25 bits per heavy atom. The standard InChI is InChI=1S/C16H24BrNO2/c1-16(2,9-10-18-11-5-6-11)12-7-8-13(19-3)14(17)15(12)20-4/h7-8,11,18H,5-6,9-10H2,1-4H3. The maximum Gasteiger partial charge on any atom is 0.140 e. The molecule has 0 radical (unpaired) electrons. The highest BCUT2D eigenvalue weighted by molar-refractivity contribution is 9.10. The van der Waals surface area contributed by atoms with Crippen LogP contribution in [0, 0.1) is 0 Å². The second kappa shape index (κ2) is 6.35. The minimum atomic E-state index is 0.0576. The molecule has 0 spiro atoms. The van der Waals surface area contributed by atoms with Gasteiger partial charge in [0.1, 0.15) is 16.0 Å².